The minimum atomic E-state index is 0.247. The second-order valence-electron chi connectivity index (χ2n) is 5.50. The van der Waals surface area contributed by atoms with E-state index in [9.17, 15) is 0 Å². The first-order valence-electron chi connectivity index (χ1n) is 6.72. The van der Waals surface area contributed by atoms with E-state index in [-0.39, 0.29) is 6.61 Å². The van der Waals surface area contributed by atoms with Crippen molar-refractivity contribution in [1.29, 1.82) is 0 Å². The van der Waals surface area contributed by atoms with Crippen LogP contribution < -0.4 is 5.32 Å². The maximum atomic E-state index is 8.86. The molecule has 3 nitrogen and oxygen atoms in total. The zero-order valence-electron chi connectivity index (χ0n) is 11.1. The van der Waals surface area contributed by atoms with Crippen molar-refractivity contribution in [3.05, 3.63) is 0 Å². The molecule has 16 heavy (non-hydrogen) atoms. The van der Waals surface area contributed by atoms with Crippen molar-refractivity contribution in [1.82, 2.24) is 10.2 Å². The van der Waals surface area contributed by atoms with E-state index in [1.54, 1.807) is 0 Å². The van der Waals surface area contributed by atoms with Crippen LogP contribution in [0.2, 0.25) is 0 Å². The van der Waals surface area contributed by atoms with Crippen LogP contribution in [0.4, 0.5) is 0 Å². The second-order valence-corrected chi connectivity index (χ2v) is 5.50. The van der Waals surface area contributed by atoms with Crippen molar-refractivity contribution in [3.63, 3.8) is 0 Å². The molecule has 0 amide bonds. The molecule has 1 rings (SSSR count). The third kappa shape index (κ3) is 4.81. The van der Waals surface area contributed by atoms with Crippen molar-refractivity contribution in [3.8, 4) is 0 Å². The molecule has 1 saturated heterocycles. The lowest BCUT2D eigenvalue weighted by Crippen LogP contribution is -2.50. The summed E-state index contributed by atoms with van der Waals surface area (Å²) in [5.41, 5.74) is 0. The van der Waals surface area contributed by atoms with Gasteiger partial charge in [0.2, 0.25) is 0 Å². The third-order valence-corrected chi connectivity index (χ3v) is 3.36. The monoisotopic (exact) mass is 228 g/mol. The van der Waals surface area contributed by atoms with Crippen LogP contribution in [-0.4, -0.2) is 48.8 Å². The fourth-order valence-corrected chi connectivity index (χ4v) is 2.68. The average molecular weight is 228 g/mol. The molecule has 1 aliphatic rings. The van der Waals surface area contributed by atoms with Gasteiger partial charge in [-0.1, -0.05) is 27.2 Å². The number of nitrogens with one attached hydrogen (secondary N) is 1. The highest BCUT2D eigenvalue weighted by Gasteiger charge is 2.25. The van der Waals surface area contributed by atoms with E-state index in [0.29, 0.717) is 6.04 Å². The number of likely N-dealkylation sites (tertiary alicyclic amines) is 1. The summed E-state index contributed by atoms with van der Waals surface area (Å²) >= 11 is 0. The fraction of sp³-hybridized carbons (Fsp3) is 1.00. The van der Waals surface area contributed by atoms with Crippen molar-refractivity contribution in [2.75, 3.05) is 32.8 Å². The minimum Gasteiger partial charge on any atom is -0.395 e. The molecule has 0 saturated carbocycles. The van der Waals surface area contributed by atoms with Gasteiger partial charge in [0.25, 0.3) is 0 Å². The minimum absolute atomic E-state index is 0.247. The van der Waals surface area contributed by atoms with Crippen LogP contribution >= 0.6 is 0 Å². The SMILES string of the molecule is CCC1CC(NCCO)CN(CC(C)C)C1. The van der Waals surface area contributed by atoms with E-state index in [1.165, 1.54) is 25.9 Å². The average Bonchev–Trinajstić information content (AvgIpc) is 2.25. The molecule has 2 unspecified atom stereocenters. The summed E-state index contributed by atoms with van der Waals surface area (Å²) in [4.78, 5) is 2.58. The summed E-state index contributed by atoms with van der Waals surface area (Å²) in [5, 5.41) is 12.3. The zero-order valence-corrected chi connectivity index (χ0v) is 11.1. The van der Waals surface area contributed by atoms with Gasteiger partial charge in [-0.05, 0) is 18.3 Å². The highest BCUT2D eigenvalue weighted by Crippen LogP contribution is 2.20. The Morgan fingerprint density at radius 3 is 2.69 bits per heavy atom. The Labute approximate surface area is 100 Å². The van der Waals surface area contributed by atoms with Gasteiger partial charge in [0.05, 0.1) is 6.61 Å². The van der Waals surface area contributed by atoms with Crippen molar-refractivity contribution in [2.45, 2.75) is 39.7 Å². The van der Waals surface area contributed by atoms with Gasteiger partial charge in [-0.15, -0.1) is 0 Å². The molecule has 2 N–H and O–H groups in total. The van der Waals surface area contributed by atoms with E-state index >= 15 is 0 Å². The first-order valence-corrected chi connectivity index (χ1v) is 6.72. The van der Waals surface area contributed by atoms with Gasteiger partial charge in [0, 0.05) is 32.2 Å². The van der Waals surface area contributed by atoms with Gasteiger partial charge in [-0.2, -0.15) is 0 Å². The van der Waals surface area contributed by atoms with E-state index in [4.69, 9.17) is 5.11 Å². The smallest absolute Gasteiger partial charge is 0.0556 e. The molecule has 0 aromatic carbocycles. The molecule has 3 heteroatoms. The third-order valence-electron chi connectivity index (χ3n) is 3.36. The Morgan fingerprint density at radius 1 is 1.38 bits per heavy atom. The number of aliphatic hydroxyl groups is 1. The molecule has 1 heterocycles. The Morgan fingerprint density at radius 2 is 2.12 bits per heavy atom. The number of hydrogen-bond acceptors (Lipinski definition) is 3. The van der Waals surface area contributed by atoms with E-state index in [0.717, 1.165) is 24.9 Å². The number of rotatable bonds is 6. The lowest BCUT2D eigenvalue weighted by Gasteiger charge is -2.38. The van der Waals surface area contributed by atoms with Crippen molar-refractivity contribution in [2.24, 2.45) is 11.8 Å². The molecule has 1 fully saturated rings. The predicted molar refractivity (Wildman–Crippen MR) is 68.6 cm³/mol. The van der Waals surface area contributed by atoms with Crippen LogP contribution in [0.1, 0.15) is 33.6 Å². The van der Waals surface area contributed by atoms with Crippen molar-refractivity contribution < 1.29 is 5.11 Å². The molecule has 0 bridgehead atoms. The highest BCUT2D eigenvalue weighted by atomic mass is 16.3. The van der Waals surface area contributed by atoms with Crippen LogP contribution in [0.5, 0.6) is 0 Å². The molecule has 0 spiro atoms. The molecule has 0 aromatic rings. The van der Waals surface area contributed by atoms with Gasteiger partial charge in [-0.3, -0.25) is 0 Å². The standard InChI is InChI=1S/C13H28N2O/c1-4-12-7-13(14-5-6-16)10-15(9-12)8-11(2)3/h11-14,16H,4-10H2,1-3H3. The van der Waals surface area contributed by atoms with Gasteiger partial charge in [0.15, 0.2) is 0 Å². The number of nitrogens with zero attached hydrogens (tertiary/aromatic N) is 1. The Hall–Kier alpha value is -0.120. The predicted octanol–water partition coefficient (Wildman–Crippen LogP) is 1.32. The van der Waals surface area contributed by atoms with Crippen LogP contribution in [0.15, 0.2) is 0 Å². The molecule has 2 atom stereocenters. The largest absolute Gasteiger partial charge is 0.395 e. The molecule has 0 radical (unpaired) electrons. The first kappa shape index (κ1) is 13.9. The Balaban J connectivity index is 2.40. The topological polar surface area (TPSA) is 35.5 Å². The Bertz CT molecular complexity index is 185. The van der Waals surface area contributed by atoms with Gasteiger partial charge < -0.3 is 15.3 Å². The molecule has 96 valence electrons. The summed E-state index contributed by atoms with van der Waals surface area (Å²) in [5.74, 6) is 1.57. The summed E-state index contributed by atoms with van der Waals surface area (Å²) in [7, 11) is 0. The molecule has 1 aliphatic heterocycles. The first-order chi connectivity index (χ1) is 7.65. The van der Waals surface area contributed by atoms with Crippen LogP contribution in [0.3, 0.4) is 0 Å². The lowest BCUT2D eigenvalue weighted by atomic mass is 9.91. The fourth-order valence-electron chi connectivity index (χ4n) is 2.68. The summed E-state index contributed by atoms with van der Waals surface area (Å²) in [6.45, 7) is 11.4. The summed E-state index contributed by atoms with van der Waals surface area (Å²) in [6, 6.07) is 0.574. The van der Waals surface area contributed by atoms with Crippen molar-refractivity contribution >= 4 is 0 Å². The molecule has 0 aliphatic carbocycles. The second kappa shape index (κ2) is 7.25. The zero-order chi connectivity index (χ0) is 12.0. The van der Waals surface area contributed by atoms with E-state index < -0.39 is 0 Å². The highest BCUT2D eigenvalue weighted by molar-refractivity contribution is 4.83. The molecular weight excluding hydrogens is 200 g/mol. The summed E-state index contributed by atoms with van der Waals surface area (Å²) < 4.78 is 0. The number of hydrogen-bond donors (Lipinski definition) is 2. The maximum Gasteiger partial charge on any atom is 0.0556 e. The Kier molecular flexibility index (Phi) is 6.32. The summed E-state index contributed by atoms with van der Waals surface area (Å²) in [6.07, 6.45) is 2.54. The van der Waals surface area contributed by atoms with E-state index in [1.807, 2.05) is 0 Å². The normalized spacial score (nSPS) is 27.6. The van der Waals surface area contributed by atoms with Crippen LogP contribution in [-0.2, 0) is 0 Å². The van der Waals surface area contributed by atoms with Crippen LogP contribution in [0, 0.1) is 11.8 Å². The maximum absolute atomic E-state index is 8.86. The van der Waals surface area contributed by atoms with Gasteiger partial charge in [-0.25, -0.2) is 0 Å². The molecule has 0 aromatic heterocycles. The number of aliphatic hydroxyl groups excluding tert-OH is 1. The number of piperidine rings is 1. The lowest BCUT2D eigenvalue weighted by molar-refractivity contribution is 0.123. The quantitative estimate of drug-likeness (QED) is 0.720. The van der Waals surface area contributed by atoms with E-state index in [2.05, 4.69) is 31.0 Å². The van der Waals surface area contributed by atoms with Gasteiger partial charge in [0.1, 0.15) is 0 Å². The van der Waals surface area contributed by atoms with Gasteiger partial charge >= 0.3 is 0 Å². The molecular formula is C13H28N2O. The van der Waals surface area contributed by atoms with Crippen LogP contribution in [0.25, 0.3) is 0 Å².